The number of thiophene rings is 1. The van der Waals surface area contributed by atoms with Gasteiger partial charge in [-0.05, 0) is 69.7 Å². The third-order valence-electron chi connectivity index (χ3n) is 5.31. The maximum Gasteiger partial charge on any atom is 0.0493 e. The smallest absolute Gasteiger partial charge is 0.0493 e. The molecule has 0 amide bonds. The van der Waals surface area contributed by atoms with Crippen molar-refractivity contribution in [1.29, 1.82) is 0 Å². The van der Waals surface area contributed by atoms with Crippen molar-refractivity contribution in [3.63, 3.8) is 0 Å². The molecule has 0 spiro atoms. The highest BCUT2D eigenvalue weighted by molar-refractivity contribution is 7.17. The number of aromatic nitrogens is 1. The Morgan fingerprint density at radius 3 is 2.83 bits per heavy atom. The van der Waals surface area contributed by atoms with Gasteiger partial charge < -0.3 is 14.4 Å². The van der Waals surface area contributed by atoms with Gasteiger partial charge in [0.05, 0.1) is 0 Å². The van der Waals surface area contributed by atoms with Gasteiger partial charge in [0.15, 0.2) is 0 Å². The van der Waals surface area contributed by atoms with Crippen molar-refractivity contribution < 1.29 is 0 Å². The molecular weight excluding hydrogens is 314 g/mol. The fourth-order valence-electron chi connectivity index (χ4n) is 4.16. The Balaban J connectivity index is 1.91. The molecule has 1 aliphatic heterocycles. The second-order valence-electron chi connectivity index (χ2n) is 7.47. The Morgan fingerprint density at radius 1 is 1.21 bits per heavy atom. The number of fused-ring (bicyclic) bond motifs is 5. The van der Waals surface area contributed by atoms with Crippen molar-refractivity contribution in [1.82, 2.24) is 14.4 Å². The number of likely N-dealkylation sites (N-methyl/N-ethyl adjacent to an activating group) is 1. The Morgan fingerprint density at radius 2 is 2.04 bits per heavy atom. The first-order valence-corrected chi connectivity index (χ1v) is 9.78. The molecule has 2 aromatic heterocycles. The van der Waals surface area contributed by atoms with E-state index in [2.05, 4.69) is 59.9 Å². The number of aryl methyl sites for hydroxylation is 2. The lowest BCUT2D eigenvalue weighted by Gasteiger charge is -2.24. The number of hydrogen-bond acceptors (Lipinski definition) is 3. The maximum absolute atomic E-state index is 2.62. The van der Waals surface area contributed by atoms with Crippen LogP contribution in [0.4, 0.5) is 0 Å². The lowest BCUT2D eigenvalue weighted by Crippen LogP contribution is -2.27. The topological polar surface area (TPSA) is 11.4 Å². The quantitative estimate of drug-likeness (QED) is 0.708. The van der Waals surface area contributed by atoms with Gasteiger partial charge in [-0.1, -0.05) is 0 Å². The summed E-state index contributed by atoms with van der Waals surface area (Å²) in [6, 6.07) is 4.69. The molecular formula is C20H27N3S. The van der Waals surface area contributed by atoms with Gasteiger partial charge in [-0.3, -0.25) is 0 Å². The SMILES string of the molecule is Cc1csc2ccc3c(c4c(n3CCCN(C)C)CCN(C)C4)c12. The summed E-state index contributed by atoms with van der Waals surface area (Å²) in [7, 11) is 6.58. The summed E-state index contributed by atoms with van der Waals surface area (Å²) in [5.41, 5.74) is 6.04. The van der Waals surface area contributed by atoms with E-state index in [4.69, 9.17) is 0 Å². The molecule has 4 heteroatoms. The fraction of sp³-hybridized carbons (Fsp3) is 0.500. The van der Waals surface area contributed by atoms with E-state index >= 15 is 0 Å². The fourth-order valence-corrected chi connectivity index (χ4v) is 5.11. The number of nitrogens with zero attached hydrogens (tertiary/aromatic N) is 3. The van der Waals surface area contributed by atoms with E-state index in [-0.39, 0.29) is 0 Å². The Hall–Kier alpha value is -1.36. The Kier molecular flexibility index (Phi) is 4.15. The molecule has 3 aromatic rings. The zero-order valence-corrected chi connectivity index (χ0v) is 16.0. The summed E-state index contributed by atoms with van der Waals surface area (Å²) in [5, 5.41) is 5.33. The first kappa shape index (κ1) is 16.1. The lowest BCUT2D eigenvalue weighted by atomic mass is 10.0. The van der Waals surface area contributed by atoms with E-state index in [0.717, 1.165) is 19.6 Å². The molecule has 1 aliphatic rings. The molecule has 0 bridgehead atoms. The van der Waals surface area contributed by atoms with Gasteiger partial charge in [0.25, 0.3) is 0 Å². The third kappa shape index (κ3) is 2.57. The minimum Gasteiger partial charge on any atom is -0.344 e. The van der Waals surface area contributed by atoms with E-state index < -0.39 is 0 Å². The van der Waals surface area contributed by atoms with Crippen molar-refractivity contribution in [2.45, 2.75) is 32.9 Å². The first-order chi connectivity index (χ1) is 11.6. The predicted molar refractivity (Wildman–Crippen MR) is 105 cm³/mol. The van der Waals surface area contributed by atoms with Crippen LogP contribution in [0.1, 0.15) is 23.2 Å². The molecule has 0 fully saturated rings. The van der Waals surface area contributed by atoms with E-state index in [1.165, 1.54) is 45.9 Å². The molecule has 0 radical (unpaired) electrons. The standard InChI is InChI=1S/C20H27N3S/c1-14-13-24-18-7-6-17-20(19(14)18)15-12-22(4)11-8-16(15)23(17)10-5-9-21(2)3/h6-7,13H,5,8-12H2,1-4H3. The summed E-state index contributed by atoms with van der Waals surface area (Å²) in [6.07, 6.45) is 2.38. The van der Waals surface area contributed by atoms with Gasteiger partial charge in [-0.15, -0.1) is 11.3 Å². The van der Waals surface area contributed by atoms with Crippen LogP contribution in [-0.4, -0.2) is 48.6 Å². The highest BCUT2D eigenvalue weighted by Gasteiger charge is 2.24. The molecule has 24 heavy (non-hydrogen) atoms. The van der Waals surface area contributed by atoms with Crippen LogP contribution in [0.25, 0.3) is 21.0 Å². The molecule has 1 aromatic carbocycles. The summed E-state index contributed by atoms with van der Waals surface area (Å²) >= 11 is 1.88. The third-order valence-corrected chi connectivity index (χ3v) is 6.38. The molecule has 128 valence electrons. The van der Waals surface area contributed by atoms with E-state index in [1.54, 1.807) is 11.3 Å². The molecule has 0 saturated heterocycles. The minimum absolute atomic E-state index is 1.08. The van der Waals surface area contributed by atoms with E-state index in [0.29, 0.717) is 0 Å². The van der Waals surface area contributed by atoms with Crippen LogP contribution >= 0.6 is 11.3 Å². The van der Waals surface area contributed by atoms with Crippen molar-refractivity contribution in [3.8, 4) is 0 Å². The molecule has 3 nitrogen and oxygen atoms in total. The highest BCUT2D eigenvalue weighted by Crippen LogP contribution is 2.39. The Bertz CT molecular complexity index is 887. The molecule has 4 rings (SSSR count). The van der Waals surface area contributed by atoms with Crippen LogP contribution in [0.2, 0.25) is 0 Å². The average Bonchev–Trinajstić information content (AvgIpc) is 3.06. The molecule has 3 heterocycles. The molecule has 0 unspecified atom stereocenters. The molecule has 0 saturated carbocycles. The van der Waals surface area contributed by atoms with Gasteiger partial charge in [0.1, 0.15) is 0 Å². The van der Waals surface area contributed by atoms with Gasteiger partial charge in [-0.2, -0.15) is 0 Å². The van der Waals surface area contributed by atoms with Gasteiger partial charge >= 0.3 is 0 Å². The van der Waals surface area contributed by atoms with Crippen LogP contribution in [0.15, 0.2) is 17.5 Å². The van der Waals surface area contributed by atoms with Crippen LogP contribution < -0.4 is 0 Å². The minimum atomic E-state index is 1.08. The van der Waals surface area contributed by atoms with Crippen molar-refractivity contribution in [2.24, 2.45) is 0 Å². The second kappa shape index (κ2) is 6.17. The van der Waals surface area contributed by atoms with Crippen LogP contribution in [-0.2, 0) is 19.5 Å². The molecule has 0 atom stereocenters. The Labute approximate surface area is 148 Å². The van der Waals surface area contributed by atoms with Crippen LogP contribution in [0.3, 0.4) is 0 Å². The second-order valence-corrected chi connectivity index (χ2v) is 8.38. The summed E-state index contributed by atoms with van der Waals surface area (Å²) in [4.78, 5) is 4.75. The lowest BCUT2D eigenvalue weighted by molar-refractivity contribution is 0.308. The van der Waals surface area contributed by atoms with Gasteiger partial charge in [-0.25, -0.2) is 0 Å². The van der Waals surface area contributed by atoms with Crippen LogP contribution in [0, 0.1) is 6.92 Å². The highest BCUT2D eigenvalue weighted by atomic mass is 32.1. The van der Waals surface area contributed by atoms with Crippen LogP contribution in [0.5, 0.6) is 0 Å². The summed E-state index contributed by atoms with van der Waals surface area (Å²) in [5.74, 6) is 0. The number of rotatable bonds is 4. The monoisotopic (exact) mass is 341 g/mol. The van der Waals surface area contributed by atoms with E-state index in [1.807, 2.05) is 11.3 Å². The van der Waals surface area contributed by atoms with Crippen molar-refractivity contribution >= 4 is 32.3 Å². The number of hydrogen-bond donors (Lipinski definition) is 0. The molecule has 0 aliphatic carbocycles. The zero-order chi connectivity index (χ0) is 16.8. The predicted octanol–water partition coefficient (Wildman–Crippen LogP) is 4.10. The normalized spacial score (nSPS) is 15.7. The first-order valence-electron chi connectivity index (χ1n) is 8.90. The van der Waals surface area contributed by atoms with Gasteiger partial charge in [0.2, 0.25) is 0 Å². The summed E-state index contributed by atoms with van der Waals surface area (Å²) in [6.45, 7) is 6.79. The largest absolute Gasteiger partial charge is 0.344 e. The molecule has 0 N–H and O–H groups in total. The average molecular weight is 342 g/mol. The van der Waals surface area contributed by atoms with Crippen molar-refractivity contribution in [3.05, 3.63) is 34.3 Å². The number of benzene rings is 1. The zero-order valence-electron chi connectivity index (χ0n) is 15.2. The van der Waals surface area contributed by atoms with E-state index in [9.17, 15) is 0 Å². The van der Waals surface area contributed by atoms with Crippen molar-refractivity contribution in [2.75, 3.05) is 34.2 Å². The summed E-state index contributed by atoms with van der Waals surface area (Å²) < 4.78 is 4.05. The van der Waals surface area contributed by atoms with Gasteiger partial charge in [0, 0.05) is 52.7 Å². The maximum atomic E-state index is 2.62.